The standard InChI is InChI=1S/C28H20BrNO3S/c29-22-8-6-19(7-9-22)17-32-23-10-11-24-25(16-23)33-28(34-18-20-12-14-30-15-13-20)26(27(24)31)21-4-2-1-3-5-21/h1-16H,17-18H2. The second-order valence-corrected chi connectivity index (χ2v) is 9.54. The van der Waals surface area contributed by atoms with E-state index in [1.807, 2.05) is 72.8 Å². The van der Waals surface area contributed by atoms with Crippen molar-refractivity contribution < 1.29 is 9.15 Å². The third kappa shape index (κ3) is 5.08. The molecule has 5 rings (SSSR count). The molecule has 0 aliphatic carbocycles. The van der Waals surface area contributed by atoms with Crippen LogP contribution in [0.2, 0.25) is 0 Å². The molecule has 34 heavy (non-hydrogen) atoms. The molecule has 0 bridgehead atoms. The van der Waals surface area contributed by atoms with Crippen LogP contribution in [0.5, 0.6) is 5.75 Å². The van der Waals surface area contributed by atoms with Crippen molar-refractivity contribution in [3.63, 3.8) is 0 Å². The van der Waals surface area contributed by atoms with Gasteiger partial charge < -0.3 is 9.15 Å². The van der Waals surface area contributed by atoms with Gasteiger partial charge in [0.05, 0.1) is 10.9 Å². The summed E-state index contributed by atoms with van der Waals surface area (Å²) in [5.41, 5.74) is 4.03. The summed E-state index contributed by atoms with van der Waals surface area (Å²) in [6.45, 7) is 0.425. The summed E-state index contributed by atoms with van der Waals surface area (Å²) in [5.74, 6) is 1.31. The number of benzene rings is 3. The van der Waals surface area contributed by atoms with Gasteiger partial charge in [0.15, 0.2) is 5.09 Å². The Labute approximate surface area is 209 Å². The smallest absolute Gasteiger partial charge is 0.201 e. The fourth-order valence-corrected chi connectivity index (χ4v) is 4.83. The fourth-order valence-electron chi connectivity index (χ4n) is 3.57. The number of fused-ring (bicyclic) bond motifs is 1. The second-order valence-electron chi connectivity index (χ2n) is 7.68. The second kappa shape index (κ2) is 10.3. The molecule has 0 N–H and O–H groups in total. The van der Waals surface area contributed by atoms with Crippen molar-refractivity contribution in [2.24, 2.45) is 0 Å². The number of halogens is 1. The van der Waals surface area contributed by atoms with E-state index >= 15 is 0 Å². The lowest BCUT2D eigenvalue weighted by atomic mass is 10.1. The lowest BCUT2D eigenvalue weighted by Gasteiger charge is -2.12. The van der Waals surface area contributed by atoms with Crippen molar-refractivity contribution in [1.82, 2.24) is 4.98 Å². The Hall–Kier alpha value is -3.35. The van der Waals surface area contributed by atoms with Crippen LogP contribution in [0.4, 0.5) is 0 Å². The van der Waals surface area contributed by atoms with Crippen LogP contribution in [-0.2, 0) is 12.4 Å². The Bertz CT molecular complexity index is 1470. The van der Waals surface area contributed by atoms with Crippen LogP contribution in [0.25, 0.3) is 22.1 Å². The van der Waals surface area contributed by atoms with Gasteiger partial charge in [-0.25, -0.2) is 0 Å². The van der Waals surface area contributed by atoms with E-state index in [0.29, 0.717) is 39.7 Å². The van der Waals surface area contributed by atoms with Crippen LogP contribution in [0.1, 0.15) is 11.1 Å². The Kier molecular flexibility index (Phi) is 6.79. The molecule has 5 aromatic rings. The third-order valence-electron chi connectivity index (χ3n) is 5.33. The molecule has 0 aliphatic heterocycles. The van der Waals surface area contributed by atoms with Gasteiger partial charge in [-0.1, -0.05) is 70.2 Å². The highest BCUT2D eigenvalue weighted by molar-refractivity contribution is 9.10. The SMILES string of the molecule is O=c1c(-c2ccccc2)c(SCc2ccncc2)oc2cc(OCc3ccc(Br)cc3)ccc12. The van der Waals surface area contributed by atoms with Crippen molar-refractivity contribution in [1.29, 1.82) is 0 Å². The summed E-state index contributed by atoms with van der Waals surface area (Å²) in [5, 5.41) is 1.12. The van der Waals surface area contributed by atoms with Crippen molar-refractivity contribution in [3.05, 3.63) is 123 Å². The fraction of sp³-hybridized carbons (Fsp3) is 0.0714. The highest BCUT2D eigenvalue weighted by Gasteiger charge is 2.17. The molecule has 4 nitrogen and oxygen atoms in total. The van der Waals surface area contributed by atoms with E-state index in [1.165, 1.54) is 11.8 Å². The first-order valence-corrected chi connectivity index (χ1v) is 12.5. The van der Waals surface area contributed by atoms with E-state index in [4.69, 9.17) is 9.15 Å². The quantitative estimate of drug-likeness (QED) is 0.204. The molecule has 0 spiro atoms. The van der Waals surface area contributed by atoms with Crippen molar-refractivity contribution in [3.8, 4) is 16.9 Å². The maximum atomic E-state index is 13.6. The Morgan fingerprint density at radius 2 is 1.65 bits per heavy atom. The highest BCUT2D eigenvalue weighted by Crippen LogP contribution is 2.34. The number of pyridine rings is 1. The summed E-state index contributed by atoms with van der Waals surface area (Å²) in [7, 11) is 0. The molecule has 6 heteroatoms. The minimum atomic E-state index is -0.0517. The summed E-state index contributed by atoms with van der Waals surface area (Å²) < 4.78 is 13.3. The molecular formula is C28H20BrNO3S. The van der Waals surface area contributed by atoms with Crippen LogP contribution in [0.3, 0.4) is 0 Å². The minimum Gasteiger partial charge on any atom is -0.489 e. The molecule has 0 fully saturated rings. The maximum absolute atomic E-state index is 13.6. The van der Waals surface area contributed by atoms with E-state index in [2.05, 4.69) is 20.9 Å². The molecule has 0 atom stereocenters. The lowest BCUT2D eigenvalue weighted by Crippen LogP contribution is -2.07. The Morgan fingerprint density at radius 1 is 0.882 bits per heavy atom. The van der Waals surface area contributed by atoms with E-state index < -0.39 is 0 Å². The van der Waals surface area contributed by atoms with Gasteiger partial charge in [-0.15, -0.1) is 0 Å². The lowest BCUT2D eigenvalue weighted by molar-refractivity contribution is 0.306. The van der Waals surface area contributed by atoms with Crippen LogP contribution < -0.4 is 10.2 Å². The van der Waals surface area contributed by atoms with Gasteiger partial charge in [-0.3, -0.25) is 9.78 Å². The Morgan fingerprint density at radius 3 is 2.41 bits per heavy atom. The first-order valence-electron chi connectivity index (χ1n) is 10.7. The van der Waals surface area contributed by atoms with Gasteiger partial charge in [-0.05, 0) is 53.1 Å². The molecule has 2 heterocycles. The number of rotatable bonds is 7. The highest BCUT2D eigenvalue weighted by atomic mass is 79.9. The van der Waals surface area contributed by atoms with E-state index in [0.717, 1.165) is 21.2 Å². The number of hydrogen-bond donors (Lipinski definition) is 0. The third-order valence-corrected chi connectivity index (χ3v) is 6.89. The molecule has 2 aromatic heterocycles. The molecule has 0 saturated heterocycles. The van der Waals surface area contributed by atoms with Crippen LogP contribution in [0, 0.1) is 0 Å². The summed E-state index contributed by atoms with van der Waals surface area (Å²) in [6.07, 6.45) is 3.53. The predicted molar refractivity (Wildman–Crippen MR) is 140 cm³/mol. The van der Waals surface area contributed by atoms with E-state index in [9.17, 15) is 4.79 Å². The summed E-state index contributed by atoms with van der Waals surface area (Å²) in [4.78, 5) is 17.6. The minimum absolute atomic E-state index is 0.0517. The van der Waals surface area contributed by atoms with Gasteiger partial charge in [0, 0.05) is 28.7 Å². The maximum Gasteiger partial charge on any atom is 0.201 e. The number of nitrogens with zero attached hydrogens (tertiary/aromatic N) is 1. The molecule has 0 unspecified atom stereocenters. The van der Waals surface area contributed by atoms with Crippen LogP contribution >= 0.6 is 27.7 Å². The zero-order valence-electron chi connectivity index (χ0n) is 18.1. The average molecular weight is 530 g/mol. The summed E-state index contributed by atoms with van der Waals surface area (Å²) >= 11 is 4.95. The Balaban J connectivity index is 1.51. The van der Waals surface area contributed by atoms with Crippen molar-refractivity contribution in [2.75, 3.05) is 0 Å². The van der Waals surface area contributed by atoms with Crippen LogP contribution in [0.15, 0.2) is 116 Å². The number of thioether (sulfide) groups is 1. The van der Waals surface area contributed by atoms with Gasteiger partial charge in [0.25, 0.3) is 0 Å². The zero-order valence-corrected chi connectivity index (χ0v) is 20.5. The topological polar surface area (TPSA) is 52.3 Å². The monoisotopic (exact) mass is 529 g/mol. The normalized spacial score (nSPS) is 11.0. The molecule has 3 aromatic carbocycles. The van der Waals surface area contributed by atoms with Crippen molar-refractivity contribution >= 4 is 38.7 Å². The molecular weight excluding hydrogens is 510 g/mol. The molecule has 0 amide bonds. The van der Waals surface area contributed by atoms with Gasteiger partial charge >= 0.3 is 0 Å². The zero-order chi connectivity index (χ0) is 23.3. The predicted octanol–water partition coefficient (Wildman–Crippen LogP) is 7.49. The largest absolute Gasteiger partial charge is 0.489 e. The number of hydrogen-bond acceptors (Lipinski definition) is 5. The van der Waals surface area contributed by atoms with Gasteiger partial charge in [0.1, 0.15) is 17.9 Å². The number of aromatic nitrogens is 1. The van der Waals surface area contributed by atoms with Gasteiger partial charge in [0.2, 0.25) is 5.43 Å². The van der Waals surface area contributed by atoms with Gasteiger partial charge in [-0.2, -0.15) is 0 Å². The molecule has 0 radical (unpaired) electrons. The molecule has 0 saturated carbocycles. The molecule has 0 aliphatic rings. The average Bonchev–Trinajstić information content (AvgIpc) is 2.88. The first kappa shape index (κ1) is 22.4. The van der Waals surface area contributed by atoms with E-state index in [-0.39, 0.29) is 5.43 Å². The number of ether oxygens (including phenoxy) is 1. The van der Waals surface area contributed by atoms with E-state index in [1.54, 1.807) is 24.5 Å². The van der Waals surface area contributed by atoms with Crippen LogP contribution in [-0.4, -0.2) is 4.98 Å². The summed E-state index contributed by atoms with van der Waals surface area (Å²) in [6, 6.07) is 26.9. The first-order chi connectivity index (χ1) is 16.7. The van der Waals surface area contributed by atoms with Crippen molar-refractivity contribution in [2.45, 2.75) is 17.5 Å². The molecule has 168 valence electrons.